The molecule has 22 heavy (non-hydrogen) atoms. The molecule has 1 aliphatic carbocycles. The molecule has 1 amide bonds. The summed E-state index contributed by atoms with van der Waals surface area (Å²) >= 11 is 0. The molecule has 1 N–H and O–H groups in total. The van der Waals surface area contributed by atoms with Crippen molar-refractivity contribution in [2.24, 2.45) is 0 Å². The van der Waals surface area contributed by atoms with E-state index in [1.165, 1.54) is 6.42 Å². The van der Waals surface area contributed by atoms with Gasteiger partial charge in [-0.3, -0.25) is 4.79 Å². The molecule has 2 heterocycles. The van der Waals surface area contributed by atoms with Gasteiger partial charge in [0.25, 0.3) is 0 Å². The maximum absolute atomic E-state index is 12.4. The van der Waals surface area contributed by atoms with Crippen LogP contribution in [0.3, 0.4) is 0 Å². The fourth-order valence-electron chi connectivity index (χ4n) is 3.52. The lowest BCUT2D eigenvalue weighted by Gasteiger charge is -2.44. The van der Waals surface area contributed by atoms with Crippen molar-refractivity contribution in [3.8, 4) is 0 Å². The minimum atomic E-state index is -1.08. The predicted octanol–water partition coefficient (Wildman–Crippen LogP) is 2.27. The maximum atomic E-state index is 12.4. The van der Waals surface area contributed by atoms with Gasteiger partial charge < -0.3 is 19.2 Å². The van der Waals surface area contributed by atoms with E-state index < -0.39 is 18.1 Å². The van der Waals surface area contributed by atoms with Gasteiger partial charge >= 0.3 is 5.97 Å². The maximum Gasteiger partial charge on any atom is 0.335 e. The van der Waals surface area contributed by atoms with Gasteiger partial charge in [-0.15, -0.1) is 0 Å². The zero-order chi connectivity index (χ0) is 15.7. The van der Waals surface area contributed by atoms with E-state index in [-0.39, 0.29) is 18.6 Å². The Labute approximate surface area is 129 Å². The van der Waals surface area contributed by atoms with Crippen LogP contribution < -0.4 is 0 Å². The third-order valence-electron chi connectivity index (χ3n) is 4.52. The first-order valence-corrected chi connectivity index (χ1v) is 7.80. The minimum Gasteiger partial charge on any atom is -0.479 e. The van der Waals surface area contributed by atoms with Crippen LogP contribution in [0, 0.1) is 6.92 Å². The average Bonchev–Trinajstić information content (AvgIpc) is 2.93. The highest BCUT2D eigenvalue weighted by Crippen LogP contribution is 2.37. The molecule has 1 aliphatic heterocycles. The number of nitrogens with zero attached hydrogens (tertiary/aromatic N) is 1. The SMILES string of the molecule is Cc1ccc([C@@H]2[C@@H](C(=O)O)OCC(=O)N2C2CCCCC2)o1. The quantitative estimate of drug-likeness (QED) is 0.926. The summed E-state index contributed by atoms with van der Waals surface area (Å²) in [6, 6.07) is 2.91. The van der Waals surface area contributed by atoms with E-state index >= 15 is 0 Å². The summed E-state index contributed by atoms with van der Waals surface area (Å²) in [7, 11) is 0. The number of aliphatic carboxylic acids is 1. The molecular weight excluding hydrogens is 286 g/mol. The third-order valence-corrected chi connectivity index (χ3v) is 4.52. The van der Waals surface area contributed by atoms with Gasteiger partial charge in [0.2, 0.25) is 5.91 Å². The summed E-state index contributed by atoms with van der Waals surface area (Å²) in [6.07, 6.45) is 4.04. The number of carbonyl (C=O) groups is 2. The largest absolute Gasteiger partial charge is 0.479 e. The number of carboxylic acid groups (broad SMARTS) is 1. The fraction of sp³-hybridized carbons (Fsp3) is 0.625. The molecule has 2 aliphatic rings. The molecule has 0 bridgehead atoms. The number of aryl methyl sites for hydroxylation is 1. The Morgan fingerprint density at radius 1 is 1.27 bits per heavy atom. The number of carboxylic acids is 1. The average molecular weight is 307 g/mol. The van der Waals surface area contributed by atoms with Crippen LogP contribution in [0.1, 0.15) is 49.7 Å². The molecule has 1 saturated carbocycles. The van der Waals surface area contributed by atoms with Crippen LogP contribution >= 0.6 is 0 Å². The fourth-order valence-corrected chi connectivity index (χ4v) is 3.52. The molecule has 1 aromatic rings. The highest BCUT2D eigenvalue weighted by molar-refractivity contribution is 5.83. The van der Waals surface area contributed by atoms with Gasteiger partial charge in [0.1, 0.15) is 24.2 Å². The molecule has 0 spiro atoms. The van der Waals surface area contributed by atoms with Crippen LogP contribution in [0.25, 0.3) is 0 Å². The Morgan fingerprint density at radius 3 is 2.59 bits per heavy atom. The zero-order valence-corrected chi connectivity index (χ0v) is 12.7. The van der Waals surface area contributed by atoms with Crippen LogP contribution in [0.4, 0.5) is 0 Å². The van der Waals surface area contributed by atoms with Crippen molar-refractivity contribution >= 4 is 11.9 Å². The van der Waals surface area contributed by atoms with E-state index in [0.717, 1.165) is 25.7 Å². The number of morpholine rings is 1. The van der Waals surface area contributed by atoms with Gasteiger partial charge in [0.15, 0.2) is 6.10 Å². The molecular formula is C16H21NO5. The first kappa shape index (κ1) is 15.1. The van der Waals surface area contributed by atoms with E-state index in [2.05, 4.69) is 0 Å². The lowest BCUT2D eigenvalue weighted by atomic mass is 9.91. The van der Waals surface area contributed by atoms with Crippen LogP contribution in [0.5, 0.6) is 0 Å². The van der Waals surface area contributed by atoms with Crippen molar-refractivity contribution < 1.29 is 23.8 Å². The van der Waals surface area contributed by atoms with Gasteiger partial charge in [0.05, 0.1) is 0 Å². The van der Waals surface area contributed by atoms with Crippen LogP contribution in [0.15, 0.2) is 16.5 Å². The van der Waals surface area contributed by atoms with Gasteiger partial charge in [-0.2, -0.15) is 0 Å². The summed E-state index contributed by atoms with van der Waals surface area (Å²) in [6.45, 7) is 1.62. The molecule has 0 aromatic carbocycles. The number of furan rings is 1. The molecule has 6 heteroatoms. The topological polar surface area (TPSA) is 80.0 Å². The molecule has 3 rings (SSSR count). The smallest absolute Gasteiger partial charge is 0.335 e. The lowest BCUT2D eigenvalue weighted by molar-refractivity contribution is -0.178. The molecule has 0 unspecified atom stereocenters. The van der Waals surface area contributed by atoms with E-state index in [0.29, 0.717) is 11.5 Å². The predicted molar refractivity (Wildman–Crippen MR) is 77.3 cm³/mol. The molecule has 1 aromatic heterocycles. The molecule has 2 fully saturated rings. The number of hydrogen-bond acceptors (Lipinski definition) is 4. The number of hydrogen-bond donors (Lipinski definition) is 1. The first-order valence-electron chi connectivity index (χ1n) is 7.80. The molecule has 6 nitrogen and oxygen atoms in total. The Morgan fingerprint density at radius 2 is 2.00 bits per heavy atom. The van der Waals surface area contributed by atoms with Gasteiger partial charge in [0, 0.05) is 6.04 Å². The van der Waals surface area contributed by atoms with E-state index in [4.69, 9.17) is 9.15 Å². The molecule has 0 radical (unpaired) electrons. The van der Waals surface area contributed by atoms with Crippen molar-refractivity contribution in [2.45, 2.75) is 57.2 Å². The van der Waals surface area contributed by atoms with Crippen LogP contribution in [-0.2, 0) is 14.3 Å². The summed E-state index contributed by atoms with van der Waals surface area (Å²) in [5.74, 6) is -0.0277. The van der Waals surface area contributed by atoms with Crippen molar-refractivity contribution in [3.63, 3.8) is 0 Å². The highest BCUT2D eigenvalue weighted by atomic mass is 16.5. The van der Waals surface area contributed by atoms with Gasteiger partial charge in [-0.25, -0.2) is 4.79 Å². The van der Waals surface area contributed by atoms with Crippen molar-refractivity contribution in [1.82, 2.24) is 4.90 Å². The Bertz CT molecular complexity index is 561. The Kier molecular flexibility index (Phi) is 4.20. The summed E-state index contributed by atoms with van der Waals surface area (Å²) in [5.41, 5.74) is 0. The summed E-state index contributed by atoms with van der Waals surface area (Å²) in [5, 5.41) is 9.47. The number of ether oxygens (including phenoxy) is 1. The zero-order valence-electron chi connectivity index (χ0n) is 12.7. The van der Waals surface area contributed by atoms with E-state index in [9.17, 15) is 14.7 Å². The summed E-state index contributed by atoms with van der Waals surface area (Å²) in [4.78, 5) is 25.7. The number of amides is 1. The second-order valence-corrected chi connectivity index (χ2v) is 6.06. The summed E-state index contributed by atoms with van der Waals surface area (Å²) < 4.78 is 10.9. The number of carbonyl (C=O) groups excluding carboxylic acids is 1. The number of rotatable bonds is 3. The lowest BCUT2D eigenvalue weighted by Crippen LogP contribution is -2.55. The van der Waals surface area contributed by atoms with Gasteiger partial charge in [-0.1, -0.05) is 19.3 Å². The third kappa shape index (κ3) is 2.75. The van der Waals surface area contributed by atoms with Crippen LogP contribution in [-0.4, -0.2) is 40.6 Å². The highest BCUT2D eigenvalue weighted by Gasteiger charge is 2.46. The normalized spacial score (nSPS) is 27.1. The minimum absolute atomic E-state index is 0.0717. The molecule has 1 saturated heterocycles. The van der Waals surface area contributed by atoms with Crippen molar-refractivity contribution in [1.29, 1.82) is 0 Å². The van der Waals surface area contributed by atoms with Crippen molar-refractivity contribution in [2.75, 3.05) is 6.61 Å². The second kappa shape index (κ2) is 6.12. The first-order chi connectivity index (χ1) is 10.6. The van der Waals surface area contributed by atoms with Crippen molar-refractivity contribution in [3.05, 3.63) is 23.7 Å². The van der Waals surface area contributed by atoms with Gasteiger partial charge in [-0.05, 0) is 31.9 Å². The molecule has 120 valence electrons. The standard InChI is InChI=1S/C16H21NO5/c1-10-7-8-12(22-10)14-15(16(19)20)21-9-13(18)17(14)11-5-3-2-4-6-11/h7-8,11,14-15H,2-6,9H2,1H3,(H,19,20)/t14-,15+/m1/s1. The Balaban J connectivity index is 1.97. The second-order valence-electron chi connectivity index (χ2n) is 6.06. The molecule has 2 atom stereocenters. The Hall–Kier alpha value is -1.82. The van der Waals surface area contributed by atoms with E-state index in [1.54, 1.807) is 24.0 Å². The van der Waals surface area contributed by atoms with E-state index in [1.807, 2.05) is 0 Å². The van der Waals surface area contributed by atoms with Crippen LogP contribution in [0.2, 0.25) is 0 Å². The monoisotopic (exact) mass is 307 g/mol.